The molecule has 2 aromatic carbocycles. The molecule has 0 unspecified atom stereocenters. The molecule has 2 N–H and O–H groups in total. The molecule has 2 aliphatic heterocycles. The Labute approximate surface area is 169 Å². The molecule has 3 amide bonds. The van der Waals surface area contributed by atoms with Gasteiger partial charge in [0.2, 0.25) is 5.91 Å². The van der Waals surface area contributed by atoms with E-state index in [4.69, 9.17) is 4.74 Å². The molecule has 2 heterocycles. The number of morpholine rings is 1. The molecule has 2 aliphatic rings. The number of nitrogens with one attached hydrogen (secondary N) is 2. The maximum atomic E-state index is 12.8. The highest BCUT2D eigenvalue weighted by molar-refractivity contribution is 6.22. The van der Waals surface area contributed by atoms with E-state index in [1.54, 1.807) is 24.3 Å². The number of hydrogen-bond donors (Lipinski definition) is 2. The number of hydrogen-bond acceptors (Lipinski definition) is 4. The first-order chi connectivity index (χ1) is 14.1. The third-order valence-corrected chi connectivity index (χ3v) is 5.41. The lowest BCUT2D eigenvalue weighted by molar-refractivity contribution is -0.909. The number of amides is 3. The average Bonchev–Trinajstić information content (AvgIpc) is 3.00. The van der Waals surface area contributed by atoms with Crippen LogP contribution in [0.3, 0.4) is 0 Å². The van der Waals surface area contributed by atoms with Crippen LogP contribution in [0.25, 0.3) is 0 Å². The predicted octanol–water partition coefficient (Wildman–Crippen LogP) is 0.0552. The van der Waals surface area contributed by atoms with Crippen molar-refractivity contribution in [2.45, 2.75) is 6.04 Å². The Morgan fingerprint density at radius 2 is 1.55 bits per heavy atom. The zero-order valence-corrected chi connectivity index (χ0v) is 16.1. The van der Waals surface area contributed by atoms with Gasteiger partial charge in [0.1, 0.15) is 32.2 Å². The standard InChI is InChI=1S/C22H23N3O4/c26-20(15-25-21(27)17-8-4-5-9-18(17)22(25)28)23-19(16-6-2-1-3-7-16)14-24-10-12-29-13-11-24/h1-9,19H,10-15H2,(H,23,26)/p+1/t19-/m0/s1. The molecule has 0 saturated carbocycles. The van der Waals surface area contributed by atoms with Crippen LogP contribution in [-0.4, -0.2) is 62.0 Å². The van der Waals surface area contributed by atoms with E-state index in [1.165, 1.54) is 4.90 Å². The molecular weight excluding hydrogens is 370 g/mol. The number of carbonyl (C=O) groups excluding carboxylic acids is 3. The van der Waals surface area contributed by atoms with Gasteiger partial charge in [-0.25, -0.2) is 0 Å². The Balaban J connectivity index is 1.45. The molecule has 150 valence electrons. The average molecular weight is 394 g/mol. The third-order valence-electron chi connectivity index (χ3n) is 5.41. The molecule has 2 aromatic rings. The second-order valence-electron chi connectivity index (χ2n) is 7.34. The summed E-state index contributed by atoms with van der Waals surface area (Å²) in [7, 11) is 0. The molecule has 0 aliphatic carbocycles. The number of carbonyl (C=O) groups is 3. The van der Waals surface area contributed by atoms with Crippen LogP contribution in [-0.2, 0) is 9.53 Å². The highest BCUT2D eigenvalue weighted by Gasteiger charge is 2.36. The van der Waals surface area contributed by atoms with Crippen molar-refractivity contribution in [2.24, 2.45) is 0 Å². The van der Waals surface area contributed by atoms with Crippen molar-refractivity contribution in [3.63, 3.8) is 0 Å². The van der Waals surface area contributed by atoms with Crippen molar-refractivity contribution in [1.29, 1.82) is 0 Å². The number of imide groups is 1. The van der Waals surface area contributed by atoms with Crippen LogP contribution in [0, 0.1) is 0 Å². The maximum Gasteiger partial charge on any atom is 0.262 e. The number of ether oxygens (including phenoxy) is 1. The minimum absolute atomic E-state index is 0.202. The van der Waals surface area contributed by atoms with E-state index in [2.05, 4.69) is 5.32 Å². The summed E-state index contributed by atoms with van der Waals surface area (Å²) >= 11 is 0. The van der Waals surface area contributed by atoms with Crippen LogP contribution in [0.2, 0.25) is 0 Å². The van der Waals surface area contributed by atoms with Crippen molar-refractivity contribution in [3.8, 4) is 0 Å². The first kappa shape index (κ1) is 19.3. The Bertz CT molecular complexity index is 874. The minimum atomic E-state index is -0.421. The normalized spacial score (nSPS) is 17.9. The summed E-state index contributed by atoms with van der Waals surface area (Å²) in [5.41, 5.74) is 1.70. The van der Waals surface area contributed by atoms with Crippen LogP contribution in [0.1, 0.15) is 32.3 Å². The largest absolute Gasteiger partial charge is 0.370 e. The van der Waals surface area contributed by atoms with E-state index in [9.17, 15) is 14.4 Å². The summed E-state index contributed by atoms with van der Waals surface area (Å²) < 4.78 is 5.42. The number of benzene rings is 2. The summed E-state index contributed by atoms with van der Waals surface area (Å²) in [4.78, 5) is 40.2. The minimum Gasteiger partial charge on any atom is -0.370 e. The molecule has 1 fully saturated rings. The van der Waals surface area contributed by atoms with Gasteiger partial charge in [0, 0.05) is 0 Å². The molecule has 7 nitrogen and oxygen atoms in total. The van der Waals surface area contributed by atoms with E-state index in [0.717, 1.165) is 30.1 Å². The molecular formula is C22H24N3O4+. The van der Waals surface area contributed by atoms with Crippen LogP contribution in [0.4, 0.5) is 0 Å². The molecule has 7 heteroatoms. The SMILES string of the molecule is O=C(CN1C(=O)c2ccccc2C1=O)N[C@@H](C[NH+]1CCOCC1)c1ccccc1. The fraction of sp³-hybridized carbons (Fsp3) is 0.318. The van der Waals surface area contributed by atoms with Crippen molar-refractivity contribution in [3.05, 3.63) is 71.3 Å². The van der Waals surface area contributed by atoms with E-state index in [-0.39, 0.29) is 18.5 Å². The fourth-order valence-corrected chi connectivity index (χ4v) is 3.86. The number of fused-ring (bicyclic) bond motifs is 1. The van der Waals surface area contributed by atoms with Crippen LogP contribution < -0.4 is 10.2 Å². The summed E-state index contributed by atoms with van der Waals surface area (Å²) in [6.07, 6.45) is 0. The summed E-state index contributed by atoms with van der Waals surface area (Å²) in [6, 6.07) is 16.2. The lowest BCUT2D eigenvalue weighted by atomic mass is 10.1. The second kappa shape index (κ2) is 8.55. The maximum absolute atomic E-state index is 12.8. The smallest absolute Gasteiger partial charge is 0.262 e. The van der Waals surface area contributed by atoms with E-state index in [0.29, 0.717) is 24.3 Å². The molecule has 29 heavy (non-hydrogen) atoms. The van der Waals surface area contributed by atoms with Gasteiger partial charge in [-0.15, -0.1) is 0 Å². The van der Waals surface area contributed by atoms with Gasteiger partial charge >= 0.3 is 0 Å². The summed E-state index contributed by atoms with van der Waals surface area (Å²) in [6.45, 7) is 3.63. The van der Waals surface area contributed by atoms with Crippen molar-refractivity contribution in [1.82, 2.24) is 10.2 Å². The van der Waals surface area contributed by atoms with E-state index < -0.39 is 11.8 Å². The number of nitrogens with zero attached hydrogens (tertiary/aromatic N) is 1. The third kappa shape index (κ3) is 4.21. The van der Waals surface area contributed by atoms with E-state index >= 15 is 0 Å². The first-order valence-corrected chi connectivity index (χ1v) is 9.84. The van der Waals surface area contributed by atoms with Gasteiger partial charge in [-0.2, -0.15) is 0 Å². The second-order valence-corrected chi connectivity index (χ2v) is 7.34. The molecule has 0 aromatic heterocycles. The Kier molecular flexibility index (Phi) is 5.69. The van der Waals surface area contributed by atoms with Gasteiger partial charge in [-0.1, -0.05) is 42.5 Å². The van der Waals surface area contributed by atoms with Gasteiger partial charge in [-0.05, 0) is 17.7 Å². The predicted molar refractivity (Wildman–Crippen MR) is 106 cm³/mol. The van der Waals surface area contributed by atoms with Gasteiger partial charge < -0.3 is 15.0 Å². The Hall–Kier alpha value is -3.03. The van der Waals surface area contributed by atoms with Crippen molar-refractivity contribution >= 4 is 17.7 Å². The quantitative estimate of drug-likeness (QED) is 0.679. The molecule has 0 spiro atoms. The van der Waals surface area contributed by atoms with Crippen LogP contribution >= 0.6 is 0 Å². The van der Waals surface area contributed by atoms with Gasteiger partial charge in [0.15, 0.2) is 0 Å². The molecule has 0 bridgehead atoms. The Morgan fingerprint density at radius 1 is 0.966 bits per heavy atom. The topological polar surface area (TPSA) is 80.2 Å². The number of rotatable bonds is 6. The molecule has 0 radical (unpaired) electrons. The number of quaternary nitrogens is 1. The van der Waals surface area contributed by atoms with E-state index in [1.807, 2.05) is 30.3 Å². The summed E-state index contributed by atoms with van der Waals surface area (Å²) in [5, 5.41) is 3.03. The highest BCUT2D eigenvalue weighted by atomic mass is 16.5. The van der Waals surface area contributed by atoms with Gasteiger partial charge in [0.05, 0.1) is 24.3 Å². The fourth-order valence-electron chi connectivity index (χ4n) is 3.86. The van der Waals surface area contributed by atoms with Crippen LogP contribution in [0.5, 0.6) is 0 Å². The van der Waals surface area contributed by atoms with Crippen LogP contribution in [0.15, 0.2) is 54.6 Å². The van der Waals surface area contributed by atoms with Gasteiger partial charge in [0.25, 0.3) is 11.8 Å². The molecule has 4 rings (SSSR count). The van der Waals surface area contributed by atoms with Crippen molar-refractivity contribution in [2.75, 3.05) is 39.4 Å². The first-order valence-electron chi connectivity index (χ1n) is 9.84. The van der Waals surface area contributed by atoms with Gasteiger partial charge in [-0.3, -0.25) is 19.3 Å². The highest BCUT2D eigenvalue weighted by Crippen LogP contribution is 2.22. The summed E-state index contributed by atoms with van der Waals surface area (Å²) in [5.74, 6) is -1.19. The zero-order chi connectivity index (χ0) is 20.2. The zero-order valence-electron chi connectivity index (χ0n) is 16.1. The van der Waals surface area contributed by atoms with Crippen molar-refractivity contribution < 1.29 is 24.0 Å². The molecule has 1 atom stereocenters. The lowest BCUT2D eigenvalue weighted by Crippen LogP contribution is -3.14. The molecule has 1 saturated heterocycles. The monoisotopic (exact) mass is 394 g/mol. The lowest BCUT2D eigenvalue weighted by Gasteiger charge is -2.28. The Morgan fingerprint density at radius 3 is 2.17 bits per heavy atom.